The van der Waals surface area contributed by atoms with Crippen LogP contribution >= 0.6 is 11.6 Å². The van der Waals surface area contributed by atoms with Crippen molar-refractivity contribution in [2.45, 2.75) is 25.8 Å². The number of fused-ring (bicyclic) bond motifs is 4. The summed E-state index contributed by atoms with van der Waals surface area (Å²) in [5.41, 5.74) is 7.17. The van der Waals surface area contributed by atoms with Gasteiger partial charge in [0, 0.05) is 34.3 Å². The highest BCUT2D eigenvalue weighted by molar-refractivity contribution is 6.31. The molecule has 0 radical (unpaired) electrons. The van der Waals surface area contributed by atoms with Gasteiger partial charge in [0.2, 0.25) is 0 Å². The fourth-order valence-corrected chi connectivity index (χ4v) is 4.21. The van der Waals surface area contributed by atoms with E-state index in [2.05, 4.69) is 22.8 Å². The normalized spacial score (nSPS) is 15.6. The summed E-state index contributed by atoms with van der Waals surface area (Å²) in [6.45, 7) is 0.544. The van der Waals surface area contributed by atoms with Gasteiger partial charge in [-0.05, 0) is 48.7 Å². The molecule has 0 bridgehead atoms. The van der Waals surface area contributed by atoms with E-state index in [0.29, 0.717) is 13.0 Å². The van der Waals surface area contributed by atoms with Gasteiger partial charge in [0.25, 0.3) is 0 Å². The van der Waals surface area contributed by atoms with Crippen LogP contribution in [0.5, 0.6) is 0 Å². The van der Waals surface area contributed by atoms with Gasteiger partial charge in [-0.15, -0.1) is 0 Å². The number of ketones is 1. The van der Waals surface area contributed by atoms with Crippen molar-refractivity contribution in [2.24, 2.45) is 4.99 Å². The van der Waals surface area contributed by atoms with Crippen LogP contribution in [0.25, 0.3) is 5.69 Å². The second-order valence-electron chi connectivity index (χ2n) is 6.81. The molecule has 26 heavy (non-hydrogen) atoms. The van der Waals surface area contributed by atoms with Crippen LogP contribution in [0.2, 0.25) is 5.02 Å². The molecule has 5 rings (SSSR count). The summed E-state index contributed by atoms with van der Waals surface area (Å²) in [6, 6.07) is 16.2. The van der Waals surface area contributed by atoms with Crippen molar-refractivity contribution in [3.8, 4) is 5.69 Å². The van der Waals surface area contributed by atoms with Gasteiger partial charge in [0.1, 0.15) is 0 Å². The first kappa shape index (κ1) is 15.6. The Bertz CT molecular complexity index is 1080. The molecule has 0 N–H and O–H groups in total. The molecule has 0 saturated carbocycles. The molecule has 1 aromatic heterocycles. The largest absolute Gasteiger partial charge is 0.315 e. The smallest absolute Gasteiger partial charge is 0.163 e. The highest BCUT2D eigenvalue weighted by atomic mass is 35.5. The summed E-state index contributed by atoms with van der Waals surface area (Å²) in [5.74, 6) is 0.253. The van der Waals surface area contributed by atoms with Crippen molar-refractivity contribution >= 4 is 23.1 Å². The quantitative estimate of drug-likeness (QED) is 0.601. The van der Waals surface area contributed by atoms with E-state index in [1.165, 1.54) is 0 Å². The van der Waals surface area contributed by atoms with Crippen LogP contribution in [0.3, 0.4) is 0 Å². The van der Waals surface area contributed by atoms with E-state index in [9.17, 15) is 4.79 Å². The maximum atomic E-state index is 12.1. The highest BCUT2D eigenvalue weighted by Gasteiger charge is 2.22. The molecule has 0 atom stereocenters. The van der Waals surface area contributed by atoms with E-state index in [-0.39, 0.29) is 5.78 Å². The number of carbonyl (C=O) groups excluding carboxylic acids is 1. The van der Waals surface area contributed by atoms with Gasteiger partial charge in [-0.2, -0.15) is 0 Å². The lowest BCUT2D eigenvalue weighted by Crippen LogP contribution is -2.13. The molecule has 0 spiro atoms. The summed E-state index contributed by atoms with van der Waals surface area (Å²) in [7, 11) is 0. The Hall–Kier alpha value is -2.65. The lowest BCUT2D eigenvalue weighted by molar-refractivity contribution is 0.0972. The SMILES string of the molecule is O=C1CCCc2cc(C3=NCc4c(Cl)cccc4-n4cccc43)ccc21. The van der Waals surface area contributed by atoms with Gasteiger partial charge in [0.05, 0.1) is 23.6 Å². The van der Waals surface area contributed by atoms with Crippen molar-refractivity contribution in [1.82, 2.24) is 4.57 Å². The number of nitrogens with zero attached hydrogens (tertiary/aromatic N) is 2. The molecule has 0 amide bonds. The van der Waals surface area contributed by atoms with Crippen LogP contribution in [0.15, 0.2) is 59.7 Å². The number of halogens is 1. The van der Waals surface area contributed by atoms with Crippen LogP contribution < -0.4 is 0 Å². The predicted molar refractivity (Wildman–Crippen MR) is 104 cm³/mol. The Balaban J connectivity index is 1.68. The molecule has 1 aliphatic carbocycles. The second-order valence-corrected chi connectivity index (χ2v) is 7.22. The minimum atomic E-state index is 0.253. The Morgan fingerprint density at radius 2 is 1.96 bits per heavy atom. The predicted octanol–water partition coefficient (Wildman–Crippen LogP) is 5.00. The maximum absolute atomic E-state index is 12.1. The van der Waals surface area contributed by atoms with Gasteiger partial charge in [-0.1, -0.05) is 29.8 Å². The maximum Gasteiger partial charge on any atom is 0.163 e. The Morgan fingerprint density at radius 1 is 1.04 bits per heavy atom. The highest BCUT2D eigenvalue weighted by Crippen LogP contribution is 2.30. The summed E-state index contributed by atoms with van der Waals surface area (Å²) in [5, 5.41) is 0.739. The zero-order valence-corrected chi connectivity index (χ0v) is 15.0. The monoisotopic (exact) mass is 360 g/mol. The van der Waals surface area contributed by atoms with E-state index in [1.54, 1.807) is 0 Å². The molecule has 0 unspecified atom stereocenters. The molecule has 1 aliphatic heterocycles. The van der Waals surface area contributed by atoms with Crippen LogP contribution in [-0.2, 0) is 13.0 Å². The summed E-state index contributed by atoms with van der Waals surface area (Å²) < 4.78 is 2.15. The van der Waals surface area contributed by atoms with Gasteiger partial charge in [-0.25, -0.2) is 0 Å². The summed E-state index contributed by atoms with van der Waals surface area (Å²) >= 11 is 6.43. The molecule has 2 heterocycles. The van der Waals surface area contributed by atoms with E-state index in [4.69, 9.17) is 16.6 Å². The molecule has 2 aromatic carbocycles. The fraction of sp³-hybridized carbons (Fsp3) is 0.182. The minimum Gasteiger partial charge on any atom is -0.315 e. The number of aromatic nitrogens is 1. The standard InChI is InChI=1S/C22H17ClN2O/c23-18-5-2-6-19-17(18)13-24-22(20-7-3-11-25(19)20)15-9-10-16-14(12-15)4-1-8-21(16)26/h2-3,5-7,9-12H,1,4,8,13H2. The van der Waals surface area contributed by atoms with E-state index < -0.39 is 0 Å². The average Bonchev–Trinajstić information content (AvgIpc) is 3.06. The number of benzene rings is 2. The van der Waals surface area contributed by atoms with Crippen LogP contribution in [0.4, 0.5) is 0 Å². The van der Waals surface area contributed by atoms with Crippen molar-refractivity contribution in [3.63, 3.8) is 0 Å². The van der Waals surface area contributed by atoms with Crippen LogP contribution in [0, 0.1) is 0 Å². The van der Waals surface area contributed by atoms with Gasteiger partial charge in [-0.3, -0.25) is 9.79 Å². The zero-order valence-electron chi connectivity index (χ0n) is 14.2. The van der Waals surface area contributed by atoms with Crippen molar-refractivity contribution in [3.05, 3.63) is 87.7 Å². The number of hydrogen-bond acceptors (Lipinski definition) is 2. The number of carbonyl (C=O) groups is 1. The molecule has 128 valence electrons. The number of rotatable bonds is 1. The van der Waals surface area contributed by atoms with E-state index >= 15 is 0 Å². The fourth-order valence-electron chi connectivity index (χ4n) is 3.99. The van der Waals surface area contributed by atoms with Gasteiger partial charge >= 0.3 is 0 Å². The lowest BCUT2D eigenvalue weighted by atomic mass is 9.88. The molecular formula is C22H17ClN2O. The van der Waals surface area contributed by atoms with E-state index in [0.717, 1.165) is 57.2 Å². The average molecular weight is 361 g/mol. The van der Waals surface area contributed by atoms with Crippen molar-refractivity contribution in [1.29, 1.82) is 0 Å². The summed E-state index contributed by atoms with van der Waals surface area (Å²) in [4.78, 5) is 17.0. The molecule has 0 fully saturated rings. The first-order valence-electron chi connectivity index (χ1n) is 8.89. The first-order valence-corrected chi connectivity index (χ1v) is 9.26. The molecule has 4 heteroatoms. The lowest BCUT2D eigenvalue weighted by Gasteiger charge is -2.16. The molecule has 0 saturated heterocycles. The third-order valence-corrected chi connectivity index (χ3v) is 5.62. The number of hydrogen-bond donors (Lipinski definition) is 0. The topological polar surface area (TPSA) is 34.4 Å². The molecule has 3 nitrogen and oxygen atoms in total. The Morgan fingerprint density at radius 3 is 2.88 bits per heavy atom. The molecule has 3 aromatic rings. The second kappa shape index (κ2) is 5.96. The van der Waals surface area contributed by atoms with Crippen molar-refractivity contribution in [2.75, 3.05) is 0 Å². The number of aliphatic imine (C=N–C) groups is 1. The first-order chi connectivity index (χ1) is 12.7. The van der Waals surface area contributed by atoms with Gasteiger partial charge in [0.15, 0.2) is 5.78 Å². The number of Topliss-reactive ketones (excluding diaryl/α,β-unsaturated/α-hetero) is 1. The van der Waals surface area contributed by atoms with Gasteiger partial charge < -0.3 is 4.57 Å². The number of aryl methyl sites for hydroxylation is 1. The molecular weight excluding hydrogens is 344 g/mol. The zero-order chi connectivity index (χ0) is 17.7. The minimum absolute atomic E-state index is 0.253. The Labute approximate surface area is 157 Å². The van der Waals surface area contributed by atoms with E-state index in [1.807, 2.05) is 36.5 Å². The van der Waals surface area contributed by atoms with Crippen LogP contribution in [-0.4, -0.2) is 16.1 Å². The Kier molecular flexibility index (Phi) is 3.57. The third-order valence-electron chi connectivity index (χ3n) is 5.27. The third kappa shape index (κ3) is 2.35. The van der Waals surface area contributed by atoms with Crippen molar-refractivity contribution < 1.29 is 4.79 Å². The summed E-state index contributed by atoms with van der Waals surface area (Å²) in [6.07, 6.45) is 4.59. The molecule has 2 aliphatic rings. The van der Waals surface area contributed by atoms with Crippen LogP contribution in [0.1, 0.15) is 45.6 Å².